The number of aliphatic hydroxyl groups excluding tert-OH is 1. The normalized spacial score (nSPS) is 23.0. The van der Waals surface area contributed by atoms with Gasteiger partial charge in [0.1, 0.15) is 0 Å². The first-order valence-corrected chi connectivity index (χ1v) is 7.47. The van der Waals surface area contributed by atoms with E-state index in [4.69, 9.17) is 9.84 Å². The summed E-state index contributed by atoms with van der Waals surface area (Å²) in [6.45, 7) is 5.56. The molecule has 5 nitrogen and oxygen atoms in total. The molecule has 1 amide bonds. The van der Waals surface area contributed by atoms with Gasteiger partial charge in [0, 0.05) is 18.3 Å². The predicted octanol–water partition coefficient (Wildman–Crippen LogP) is 1.27. The first kappa shape index (κ1) is 15.9. The standard InChI is InChI=1S/C16H24N2O3/c1-3-13-4-6-14(7-5-13)17-16(20)9-18-8-15(10-19)21-11-12(18)2/h4-7,12,15,19H,3,8-11H2,1-2H3,(H,17,20). The number of morpholine rings is 1. The van der Waals surface area contributed by atoms with Gasteiger partial charge in [0.05, 0.1) is 25.9 Å². The van der Waals surface area contributed by atoms with E-state index in [2.05, 4.69) is 12.2 Å². The van der Waals surface area contributed by atoms with Gasteiger partial charge in [-0.1, -0.05) is 19.1 Å². The molecule has 0 aliphatic carbocycles. The molecule has 116 valence electrons. The molecule has 1 fully saturated rings. The van der Waals surface area contributed by atoms with E-state index in [1.807, 2.05) is 36.1 Å². The molecule has 1 heterocycles. The average Bonchev–Trinajstić information content (AvgIpc) is 2.50. The Labute approximate surface area is 125 Å². The Kier molecular flexibility index (Phi) is 5.73. The fraction of sp³-hybridized carbons (Fsp3) is 0.562. The Hall–Kier alpha value is -1.43. The number of hydrogen-bond donors (Lipinski definition) is 2. The molecule has 1 aromatic carbocycles. The van der Waals surface area contributed by atoms with E-state index in [1.165, 1.54) is 5.56 Å². The number of benzene rings is 1. The lowest BCUT2D eigenvalue weighted by molar-refractivity contribution is -0.122. The van der Waals surface area contributed by atoms with Gasteiger partial charge in [-0.25, -0.2) is 0 Å². The van der Waals surface area contributed by atoms with Crippen molar-refractivity contribution in [1.29, 1.82) is 0 Å². The minimum absolute atomic E-state index is 0.0106. The lowest BCUT2D eigenvalue weighted by Gasteiger charge is -2.36. The molecule has 0 saturated carbocycles. The number of amides is 1. The van der Waals surface area contributed by atoms with Crippen molar-refractivity contribution in [3.05, 3.63) is 29.8 Å². The molecule has 1 aliphatic heterocycles. The maximum absolute atomic E-state index is 12.1. The number of nitrogens with zero attached hydrogens (tertiary/aromatic N) is 1. The lowest BCUT2D eigenvalue weighted by Crippen LogP contribution is -2.51. The molecule has 2 unspecified atom stereocenters. The summed E-state index contributed by atoms with van der Waals surface area (Å²) in [7, 11) is 0. The summed E-state index contributed by atoms with van der Waals surface area (Å²) in [5, 5.41) is 12.1. The Morgan fingerprint density at radius 2 is 2.14 bits per heavy atom. The van der Waals surface area contributed by atoms with E-state index in [9.17, 15) is 4.79 Å². The molecule has 1 saturated heterocycles. The summed E-state index contributed by atoms with van der Waals surface area (Å²) < 4.78 is 5.47. The second-order valence-electron chi connectivity index (χ2n) is 5.52. The fourth-order valence-corrected chi connectivity index (χ4v) is 2.41. The number of nitrogens with one attached hydrogen (secondary N) is 1. The van der Waals surface area contributed by atoms with E-state index >= 15 is 0 Å². The van der Waals surface area contributed by atoms with Crippen molar-refractivity contribution in [3.63, 3.8) is 0 Å². The van der Waals surface area contributed by atoms with Crippen LogP contribution in [0.2, 0.25) is 0 Å². The molecule has 0 radical (unpaired) electrons. The number of aliphatic hydroxyl groups is 1. The first-order valence-electron chi connectivity index (χ1n) is 7.47. The Morgan fingerprint density at radius 1 is 1.43 bits per heavy atom. The van der Waals surface area contributed by atoms with Crippen LogP contribution in [0.15, 0.2) is 24.3 Å². The van der Waals surface area contributed by atoms with Gasteiger partial charge < -0.3 is 15.2 Å². The van der Waals surface area contributed by atoms with Gasteiger partial charge in [-0.05, 0) is 31.0 Å². The second kappa shape index (κ2) is 7.54. The van der Waals surface area contributed by atoms with E-state index < -0.39 is 0 Å². The minimum atomic E-state index is -0.196. The van der Waals surface area contributed by atoms with Gasteiger partial charge in [-0.15, -0.1) is 0 Å². The molecule has 21 heavy (non-hydrogen) atoms. The number of anilines is 1. The third kappa shape index (κ3) is 4.52. The van der Waals surface area contributed by atoms with Crippen LogP contribution in [0.1, 0.15) is 19.4 Å². The van der Waals surface area contributed by atoms with Crippen LogP contribution < -0.4 is 5.32 Å². The highest BCUT2D eigenvalue weighted by Gasteiger charge is 2.26. The van der Waals surface area contributed by atoms with Crippen molar-refractivity contribution in [1.82, 2.24) is 4.90 Å². The molecular weight excluding hydrogens is 268 g/mol. The van der Waals surface area contributed by atoms with Crippen molar-refractivity contribution in [3.8, 4) is 0 Å². The van der Waals surface area contributed by atoms with E-state index in [0.717, 1.165) is 12.1 Å². The van der Waals surface area contributed by atoms with Crippen LogP contribution in [0, 0.1) is 0 Å². The molecule has 0 aromatic heterocycles. The zero-order valence-corrected chi connectivity index (χ0v) is 12.7. The summed E-state index contributed by atoms with van der Waals surface area (Å²) in [6, 6.07) is 8.08. The number of aryl methyl sites for hydroxylation is 1. The molecule has 1 aromatic rings. The van der Waals surface area contributed by atoms with Crippen LogP contribution in [0.3, 0.4) is 0 Å². The molecule has 2 atom stereocenters. The zero-order valence-electron chi connectivity index (χ0n) is 12.7. The van der Waals surface area contributed by atoms with Crippen LogP contribution in [-0.4, -0.2) is 54.4 Å². The van der Waals surface area contributed by atoms with Crippen LogP contribution in [0.5, 0.6) is 0 Å². The molecule has 0 bridgehead atoms. The highest BCUT2D eigenvalue weighted by molar-refractivity contribution is 5.92. The Balaban J connectivity index is 1.87. The summed E-state index contributed by atoms with van der Waals surface area (Å²) in [5.41, 5.74) is 2.07. The van der Waals surface area contributed by atoms with Gasteiger partial charge in [0.25, 0.3) is 0 Å². The number of rotatable bonds is 5. The van der Waals surface area contributed by atoms with Gasteiger partial charge in [-0.2, -0.15) is 0 Å². The van der Waals surface area contributed by atoms with Crippen molar-refractivity contribution in [2.24, 2.45) is 0 Å². The third-order valence-corrected chi connectivity index (χ3v) is 3.83. The zero-order chi connectivity index (χ0) is 15.2. The Morgan fingerprint density at radius 3 is 2.76 bits per heavy atom. The molecule has 5 heteroatoms. The van der Waals surface area contributed by atoms with Crippen molar-refractivity contribution >= 4 is 11.6 Å². The average molecular weight is 292 g/mol. The van der Waals surface area contributed by atoms with Crippen LogP contribution in [-0.2, 0) is 16.0 Å². The predicted molar refractivity (Wildman–Crippen MR) is 82.3 cm³/mol. The minimum Gasteiger partial charge on any atom is -0.394 e. The molecule has 2 N–H and O–H groups in total. The maximum atomic E-state index is 12.1. The second-order valence-corrected chi connectivity index (χ2v) is 5.52. The van der Waals surface area contributed by atoms with E-state index in [0.29, 0.717) is 19.7 Å². The number of carbonyl (C=O) groups is 1. The summed E-state index contributed by atoms with van der Waals surface area (Å²) in [5.74, 6) is -0.0373. The van der Waals surface area contributed by atoms with Gasteiger partial charge in [0.2, 0.25) is 5.91 Å². The quantitative estimate of drug-likeness (QED) is 0.858. The third-order valence-electron chi connectivity index (χ3n) is 3.83. The largest absolute Gasteiger partial charge is 0.394 e. The smallest absolute Gasteiger partial charge is 0.238 e. The molecular formula is C16H24N2O3. The summed E-state index contributed by atoms with van der Waals surface area (Å²) >= 11 is 0. The van der Waals surface area contributed by atoms with Crippen molar-refractivity contribution in [2.45, 2.75) is 32.4 Å². The van der Waals surface area contributed by atoms with E-state index in [-0.39, 0.29) is 24.7 Å². The topological polar surface area (TPSA) is 61.8 Å². The van der Waals surface area contributed by atoms with Gasteiger partial charge in [-0.3, -0.25) is 9.69 Å². The maximum Gasteiger partial charge on any atom is 0.238 e. The van der Waals surface area contributed by atoms with Crippen LogP contribution in [0.25, 0.3) is 0 Å². The SMILES string of the molecule is CCc1ccc(NC(=O)CN2CC(CO)OCC2C)cc1. The molecule has 1 aliphatic rings. The van der Waals surface area contributed by atoms with E-state index in [1.54, 1.807) is 0 Å². The molecule has 2 rings (SSSR count). The summed E-state index contributed by atoms with van der Waals surface area (Å²) in [4.78, 5) is 14.2. The monoisotopic (exact) mass is 292 g/mol. The lowest BCUT2D eigenvalue weighted by atomic mass is 10.1. The highest BCUT2D eigenvalue weighted by atomic mass is 16.5. The number of carbonyl (C=O) groups excluding carboxylic acids is 1. The Bertz CT molecular complexity index is 461. The molecule has 0 spiro atoms. The van der Waals surface area contributed by atoms with Gasteiger partial charge in [0.15, 0.2) is 0 Å². The number of hydrogen-bond acceptors (Lipinski definition) is 4. The van der Waals surface area contributed by atoms with Crippen LogP contribution in [0.4, 0.5) is 5.69 Å². The van der Waals surface area contributed by atoms with Crippen LogP contribution >= 0.6 is 0 Å². The van der Waals surface area contributed by atoms with Gasteiger partial charge >= 0.3 is 0 Å². The first-order chi connectivity index (χ1) is 10.1. The number of ether oxygens (including phenoxy) is 1. The highest BCUT2D eigenvalue weighted by Crippen LogP contribution is 2.13. The van der Waals surface area contributed by atoms with Crippen molar-refractivity contribution in [2.75, 3.05) is 31.6 Å². The summed E-state index contributed by atoms with van der Waals surface area (Å²) in [6.07, 6.45) is 0.792. The van der Waals surface area contributed by atoms with Crippen molar-refractivity contribution < 1.29 is 14.6 Å². The fourth-order valence-electron chi connectivity index (χ4n) is 2.41.